The molecule has 0 saturated heterocycles. The molecule has 26 heavy (non-hydrogen) atoms. The molecule has 0 fully saturated rings. The standard InChI is InChI=1S/C24H22F2/c1-3-17-5-9-19(10-6-17)20-13-15-22(16-14-20)24(26)23(25)21-11-7-18(4-2)8-12-21/h5-16H,3-4H2,1-2H3/b24-23+. The molecule has 3 aromatic carbocycles. The molecule has 0 amide bonds. The van der Waals surface area contributed by atoms with Crippen molar-refractivity contribution in [3.8, 4) is 11.1 Å². The zero-order chi connectivity index (χ0) is 18.5. The van der Waals surface area contributed by atoms with Gasteiger partial charge in [-0.05, 0) is 35.1 Å². The van der Waals surface area contributed by atoms with E-state index in [2.05, 4.69) is 31.2 Å². The van der Waals surface area contributed by atoms with Gasteiger partial charge in [-0.15, -0.1) is 0 Å². The first-order valence-electron chi connectivity index (χ1n) is 8.96. The van der Waals surface area contributed by atoms with Crippen LogP contribution in [0.4, 0.5) is 8.78 Å². The minimum absolute atomic E-state index is 0.246. The highest BCUT2D eigenvalue weighted by Gasteiger charge is 2.11. The molecule has 3 aromatic rings. The van der Waals surface area contributed by atoms with E-state index in [0.717, 1.165) is 29.5 Å². The molecular weight excluding hydrogens is 326 g/mol. The highest BCUT2D eigenvalue weighted by atomic mass is 19.2. The third-order valence-corrected chi connectivity index (χ3v) is 4.64. The quantitative estimate of drug-likeness (QED) is 0.426. The van der Waals surface area contributed by atoms with E-state index in [0.29, 0.717) is 0 Å². The first kappa shape index (κ1) is 18.1. The molecule has 0 bridgehead atoms. The van der Waals surface area contributed by atoms with Crippen LogP contribution < -0.4 is 0 Å². The average Bonchev–Trinajstić information content (AvgIpc) is 2.73. The SMILES string of the molecule is CCc1ccc(/C(F)=C(\F)c2ccc(-c3ccc(CC)cc3)cc2)cc1. The molecule has 0 aliphatic heterocycles. The van der Waals surface area contributed by atoms with E-state index in [1.165, 1.54) is 5.56 Å². The number of hydrogen-bond donors (Lipinski definition) is 0. The molecular formula is C24H22F2. The summed E-state index contributed by atoms with van der Waals surface area (Å²) in [5.74, 6) is -1.66. The van der Waals surface area contributed by atoms with Gasteiger partial charge in [0.2, 0.25) is 0 Å². The molecule has 0 radical (unpaired) electrons. The lowest BCUT2D eigenvalue weighted by atomic mass is 10.0. The van der Waals surface area contributed by atoms with Crippen LogP contribution in [-0.4, -0.2) is 0 Å². The van der Waals surface area contributed by atoms with Crippen molar-refractivity contribution in [2.75, 3.05) is 0 Å². The highest BCUT2D eigenvalue weighted by molar-refractivity contribution is 5.83. The monoisotopic (exact) mass is 348 g/mol. The number of halogens is 2. The predicted molar refractivity (Wildman–Crippen MR) is 106 cm³/mol. The Hall–Kier alpha value is -2.74. The van der Waals surface area contributed by atoms with Crippen LogP contribution >= 0.6 is 0 Å². The van der Waals surface area contributed by atoms with E-state index in [9.17, 15) is 8.78 Å². The average molecular weight is 348 g/mol. The van der Waals surface area contributed by atoms with Crippen molar-refractivity contribution >= 4 is 11.7 Å². The van der Waals surface area contributed by atoms with Crippen LogP contribution in [0.1, 0.15) is 36.1 Å². The summed E-state index contributed by atoms with van der Waals surface area (Å²) in [7, 11) is 0. The van der Waals surface area contributed by atoms with Gasteiger partial charge in [0.25, 0.3) is 0 Å². The summed E-state index contributed by atoms with van der Waals surface area (Å²) in [5, 5.41) is 0. The summed E-state index contributed by atoms with van der Waals surface area (Å²) in [4.78, 5) is 0. The smallest absolute Gasteiger partial charge is 0.166 e. The highest BCUT2D eigenvalue weighted by Crippen LogP contribution is 2.30. The molecule has 0 unspecified atom stereocenters. The molecule has 0 N–H and O–H groups in total. The second kappa shape index (κ2) is 8.09. The maximum absolute atomic E-state index is 14.5. The summed E-state index contributed by atoms with van der Waals surface area (Å²) < 4.78 is 29.0. The maximum atomic E-state index is 14.5. The number of hydrogen-bond acceptors (Lipinski definition) is 0. The lowest BCUT2D eigenvalue weighted by molar-refractivity contribution is 0.700. The van der Waals surface area contributed by atoms with Crippen LogP contribution in [0.25, 0.3) is 22.8 Å². The van der Waals surface area contributed by atoms with Gasteiger partial charge in [0.05, 0.1) is 0 Å². The first-order valence-corrected chi connectivity index (χ1v) is 8.96. The van der Waals surface area contributed by atoms with Gasteiger partial charge in [0.1, 0.15) is 0 Å². The van der Waals surface area contributed by atoms with Crippen molar-refractivity contribution in [2.24, 2.45) is 0 Å². The molecule has 132 valence electrons. The fourth-order valence-corrected chi connectivity index (χ4v) is 2.88. The van der Waals surface area contributed by atoms with E-state index in [1.807, 2.05) is 31.2 Å². The van der Waals surface area contributed by atoms with E-state index in [-0.39, 0.29) is 11.1 Å². The van der Waals surface area contributed by atoms with Crippen molar-refractivity contribution in [3.05, 3.63) is 95.1 Å². The minimum atomic E-state index is -0.831. The molecule has 2 heteroatoms. The zero-order valence-electron chi connectivity index (χ0n) is 15.1. The summed E-state index contributed by atoms with van der Waals surface area (Å²) in [6.45, 7) is 4.14. The fraction of sp³-hybridized carbons (Fsp3) is 0.167. The normalized spacial score (nSPS) is 12.0. The van der Waals surface area contributed by atoms with Gasteiger partial charge < -0.3 is 0 Å². The maximum Gasteiger partial charge on any atom is 0.166 e. The van der Waals surface area contributed by atoms with Gasteiger partial charge >= 0.3 is 0 Å². The van der Waals surface area contributed by atoms with Crippen LogP contribution in [0, 0.1) is 0 Å². The Balaban J connectivity index is 1.85. The van der Waals surface area contributed by atoms with E-state index < -0.39 is 11.7 Å². The molecule has 0 aliphatic rings. The van der Waals surface area contributed by atoms with Gasteiger partial charge in [-0.2, -0.15) is 0 Å². The molecule has 0 saturated carbocycles. The van der Waals surface area contributed by atoms with Gasteiger partial charge in [-0.3, -0.25) is 0 Å². The Kier molecular flexibility index (Phi) is 5.62. The molecule has 0 atom stereocenters. The summed E-state index contributed by atoms with van der Waals surface area (Å²) in [6.07, 6.45) is 1.86. The molecule has 0 aromatic heterocycles. The largest absolute Gasteiger partial charge is 0.203 e. The Morgan fingerprint density at radius 3 is 1.23 bits per heavy atom. The molecule has 0 heterocycles. The van der Waals surface area contributed by atoms with Crippen LogP contribution in [0.15, 0.2) is 72.8 Å². The summed E-state index contributed by atoms with van der Waals surface area (Å²) >= 11 is 0. The molecule has 3 rings (SSSR count). The third-order valence-electron chi connectivity index (χ3n) is 4.64. The summed E-state index contributed by atoms with van der Waals surface area (Å²) in [5.41, 5.74) is 4.93. The zero-order valence-corrected chi connectivity index (χ0v) is 15.1. The van der Waals surface area contributed by atoms with E-state index in [4.69, 9.17) is 0 Å². The fourth-order valence-electron chi connectivity index (χ4n) is 2.88. The van der Waals surface area contributed by atoms with E-state index in [1.54, 1.807) is 24.3 Å². The Labute approximate surface area is 153 Å². The van der Waals surface area contributed by atoms with Crippen LogP contribution in [0.2, 0.25) is 0 Å². The van der Waals surface area contributed by atoms with E-state index >= 15 is 0 Å². The number of rotatable bonds is 5. The second-order valence-electron chi connectivity index (χ2n) is 6.31. The lowest BCUT2D eigenvalue weighted by Crippen LogP contribution is -1.87. The van der Waals surface area contributed by atoms with Crippen LogP contribution in [0.5, 0.6) is 0 Å². The Bertz CT molecular complexity index is 886. The second-order valence-corrected chi connectivity index (χ2v) is 6.31. The van der Waals surface area contributed by atoms with Gasteiger partial charge in [0, 0.05) is 11.1 Å². The Morgan fingerprint density at radius 2 is 0.846 bits per heavy atom. The van der Waals surface area contributed by atoms with Crippen LogP contribution in [0.3, 0.4) is 0 Å². The molecule has 0 aliphatic carbocycles. The summed E-state index contributed by atoms with van der Waals surface area (Å²) in [6, 6.07) is 22.1. The van der Waals surface area contributed by atoms with Gasteiger partial charge in [-0.1, -0.05) is 86.6 Å². The minimum Gasteiger partial charge on any atom is -0.203 e. The lowest BCUT2D eigenvalue weighted by Gasteiger charge is -2.06. The van der Waals surface area contributed by atoms with Crippen molar-refractivity contribution in [3.63, 3.8) is 0 Å². The van der Waals surface area contributed by atoms with Crippen molar-refractivity contribution < 1.29 is 8.78 Å². The number of benzene rings is 3. The van der Waals surface area contributed by atoms with Crippen molar-refractivity contribution in [1.82, 2.24) is 0 Å². The van der Waals surface area contributed by atoms with Gasteiger partial charge in [0.15, 0.2) is 11.7 Å². The third kappa shape index (κ3) is 3.91. The topological polar surface area (TPSA) is 0 Å². The Morgan fingerprint density at radius 1 is 0.538 bits per heavy atom. The molecule has 0 spiro atoms. The van der Waals surface area contributed by atoms with Crippen molar-refractivity contribution in [2.45, 2.75) is 26.7 Å². The van der Waals surface area contributed by atoms with Crippen LogP contribution in [-0.2, 0) is 12.8 Å². The van der Waals surface area contributed by atoms with Gasteiger partial charge in [-0.25, -0.2) is 8.78 Å². The van der Waals surface area contributed by atoms with Crippen molar-refractivity contribution in [1.29, 1.82) is 0 Å². The predicted octanol–water partition coefficient (Wildman–Crippen LogP) is 7.24. The molecule has 0 nitrogen and oxygen atoms in total. The first-order chi connectivity index (χ1) is 12.6. The number of aryl methyl sites for hydroxylation is 2.